The maximum Gasteiger partial charge on any atom is 0.261 e. The van der Waals surface area contributed by atoms with Gasteiger partial charge in [0.2, 0.25) is 0 Å². The molecule has 2 saturated heterocycles. The SMILES string of the molecule is Cl.O=C(c1ccc2c(=O)n3c(nc2c1)CCCCC3)N1CC[C@@H]2CNC[C@@H]2CC1. The van der Waals surface area contributed by atoms with E-state index in [1.54, 1.807) is 6.07 Å². The normalized spacial score (nSPS) is 24.2. The molecule has 7 heteroatoms. The number of likely N-dealkylation sites (tertiary alicyclic amines) is 1. The summed E-state index contributed by atoms with van der Waals surface area (Å²) in [4.78, 5) is 32.8. The molecule has 156 valence electrons. The lowest BCUT2D eigenvalue weighted by Gasteiger charge is -2.21. The predicted octanol–water partition coefficient (Wildman–Crippen LogP) is 2.62. The molecule has 2 fully saturated rings. The van der Waals surface area contributed by atoms with E-state index in [0.29, 0.717) is 28.3 Å². The summed E-state index contributed by atoms with van der Waals surface area (Å²) in [6.45, 7) is 4.56. The summed E-state index contributed by atoms with van der Waals surface area (Å²) in [5, 5.41) is 4.10. The molecule has 2 atom stereocenters. The van der Waals surface area contributed by atoms with Crippen molar-refractivity contribution in [1.82, 2.24) is 19.8 Å². The van der Waals surface area contributed by atoms with Crippen LogP contribution >= 0.6 is 12.4 Å². The molecule has 1 aromatic heterocycles. The second-order valence-electron chi connectivity index (χ2n) is 8.58. The van der Waals surface area contributed by atoms with Crippen LogP contribution in [0.4, 0.5) is 0 Å². The summed E-state index contributed by atoms with van der Waals surface area (Å²) in [5.74, 6) is 2.35. The third-order valence-corrected chi connectivity index (χ3v) is 6.87. The Kier molecular flexibility index (Phi) is 5.93. The van der Waals surface area contributed by atoms with Crippen LogP contribution in [0.2, 0.25) is 0 Å². The van der Waals surface area contributed by atoms with Crippen molar-refractivity contribution in [2.45, 2.75) is 45.1 Å². The molecular formula is C22H29ClN4O2. The number of benzene rings is 1. The van der Waals surface area contributed by atoms with Crippen LogP contribution in [0.5, 0.6) is 0 Å². The Labute approximate surface area is 177 Å². The Bertz CT molecular complexity index is 959. The van der Waals surface area contributed by atoms with Crippen LogP contribution in [0.25, 0.3) is 10.9 Å². The number of nitrogens with zero attached hydrogens (tertiary/aromatic N) is 3. The van der Waals surface area contributed by atoms with Gasteiger partial charge in [0.1, 0.15) is 5.82 Å². The number of nitrogens with one attached hydrogen (secondary N) is 1. The Morgan fingerprint density at radius 1 is 1.03 bits per heavy atom. The Balaban J connectivity index is 0.00000205. The van der Waals surface area contributed by atoms with Gasteiger partial charge in [-0.3, -0.25) is 14.2 Å². The van der Waals surface area contributed by atoms with Gasteiger partial charge in [0.25, 0.3) is 11.5 Å². The molecule has 2 aromatic rings. The summed E-state index contributed by atoms with van der Waals surface area (Å²) in [6, 6.07) is 5.44. The van der Waals surface area contributed by atoms with Crippen LogP contribution in [-0.4, -0.2) is 46.5 Å². The van der Waals surface area contributed by atoms with Gasteiger partial charge >= 0.3 is 0 Å². The number of carbonyl (C=O) groups excluding carboxylic acids is 1. The van der Waals surface area contributed by atoms with Gasteiger partial charge in [0.05, 0.1) is 10.9 Å². The number of halogens is 1. The van der Waals surface area contributed by atoms with Crippen molar-refractivity contribution >= 4 is 29.2 Å². The van der Waals surface area contributed by atoms with E-state index >= 15 is 0 Å². The van der Waals surface area contributed by atoms with E-state index in [0.717, 1.165) is 77.1 Å². The number of hydrogen-bond donors (Lipinski definition) is 1. The molecular weight excluding hydrogens is 388 g/mol. The van der Waals surface area contributed by atoms with Gasteiger partial charge in [0.15, 0.2) is 0 Å². The lowest BCUT2D eigenvalue weighted by atomic mass is 9.92. The predicted molar refractivity (Wildman–Crippen MR) is 116 cm³/mol. The second kappa shape index (κ2) is 8.44. The van der Waals surface area contributed by atoms with Gasteiger partial charge in [-0.15, -0.1) is 12.4 Å². The van der Waals surface area contributed by atoms with Gasteiger partial charge < -0.3 is 10.2 Å². The quantitative estimate of drug-likeness (QED) is 0.776. The highest BCUT2D eigenvalue weighted by Crippen LogP contribution is 2.28. The van der Waals surface area contributed by atoms with E-state index in [1.807, 2.05) is 21.6 Å². The molecule has 0 aliphatic carbocycles. The standard InChI is InChI=1S/C22H28N4O2.ClH/c27-21(25-10-7-16-13-23-14-17(16)8-11-25)15-5-6-18-19(12-15)24-20-4-2-1-3-9-26(20)22(18)28;/h5-6,12,16-17,23H,1-4,7-11,13-14H2;1H/t16-,17+;. The molecule has 0 unspecified atom stereocenters. The molecule has 5 rings (SSSR count). The molecule has 3 aliphatic heterocycles. The molecule has 1 N–H and O–H groups in total. The molecule has 0 saturated carbocycles. The van der Waals surface area contributed by atoms with E-state index < -0.39 is 0 Å². The Morgan fingerprint density at radius 3 is 2.55 bits per heavy atom. The monoisotopic (exact) mass is 416 g/mol. The van der Waals surface area contributed by atoms with Crippen molar-refractivity contribution in [2.24, 2.45) is 11.8 Å². The van der Waals surface area contributed by atoms with Crippen LogP contribution in [0.15, 0.2) is 23.0 Å². The molecule has 29 heavy (non-hydrogen) atoms. The lowest BCUT2D eigenvalue weighted by Crippen LogP contribution is -2.33. The number of carbonyl (C=O) groups is 1. The first-order valence-corrected chi connectivity index (χ1v) is 10.7. The second-order valence-corrected chi connectivity index (χ2v) is 8.58. The van der Waals surface area contributed by atoms with Crippen LogP contribution < -0.4 is 10.9 Å². The van der Waals surface area contributed by atoms with Crippen LogP contribution in [0.3, 0.4) is 0 Å². The zero-order valence-corrected chi connectivity index (χ0v) is 17.5. The zero-order valence-electron chi connectivity index (χ0n) is 16.7. The summed E-state index contributed by atoms with van der Waals surface area (Å²) < 4.78 is 1.83. The highest BCUT2D eigenvalue weighted by atomic mass is 35.5. The zero-order chi connectivity index (χ0) is 19.1. The molecule has 0 bridgehead atoms. The average molecular weight is 417 g/mol. The molecule has 1 amide bonds. The minimum absolute atomic E-state index is 0. The summed E-state index contributed by atoms with van der Waals surface area (Å²) >= 11 is 0. The first kappa shape index (κ1) is 20.4. The molecule has 0 spiro atoms. The molecule has 0 radical (unpaired) electrons. The van der Waals surface area contributed by atoms with E-state index in [4.69, 9.17) is 4.98 Å². The van der Waals surface area contributed by atoms with Gasteiger partial charge in [-0.05, 0) is 68.8 Å². The van der Waals surface area contributed by atoms with Crippen LogP contribution in [-0.2, 0) is 13.0 Å². The van der Waals surface area contributed by atoms with Crippen molar-refractivity contribution in [2.75, 3.05) is 26.2 Å². The largest absolute Gasteiger partial charge is 0.339 e. The molecule has 3 aliphatic rings. The summed E-state index contributed by atoms with van der Waals surface area (Å²) in [6.07, 6.45) is 6.22. The fourth-order valence-electron chi connectivity index (χ4n) is 5.16. The minimum atomic E-state index is 0. The lowest BCUT2D eigenvalue weighted by molar-refractivity contribution is 0.0758. The van der Waals surface area contributed by atoms with Gasteiger partial charge in [0, 0.05) is 31.6 Å². The van der Waals surface area contributed by atoms with Gasteiger partial charge in [-0.25, -0.2) is 4.98 Å². The van der Waals surface area contributed by atoms with Crippen molar-refractivity contribution < 1.29 is 4.79 Å². The van der Waals surface area contributed by atoms with Gasteiger partial charge in [-0.1, -0.05) is 6.42 Å². The molecule has 6 nitrogen and oxygen atoms in total. The van der Waals surface area contributed by atoms with Crippen molar-refractivity contribution in [1.29, 1.82) is 0 Å². The first-order chi connectivity index (χ1) is 13.7. The number of aryl methyl sites for hydroxylation is 1. The highest BCUT2D eigenvalue weighted by Gasteiger charge is 2.31. The van der Waals surface area contributed by atoms with E-state index in [2.05, 4.69) is 5.32 Å². The smallest absolute Gasteiger partial charge is 0.261 e. The maximum atomic E-state index is 13.1. The first-order valence-electron chi connectivity index (χ1n) is 10.7. The van der Waals surface area contributed by atoms with E-state index in [-0.39, 0.29) is 23.9 Å². The third-order valence-electron chi connectivity index (χ3n) is 6.87. The highest BCUT2D eigenvalue weighted by molar-refractivity contribution is 5.97. The van der Waals surface area contributed by atoms with Crippen LogP contribution in [0, 0.1) is 11.8 Å². The van der Waals surface area contributed by atoms with Crippen molar-refractivity contribution in [3.63, 3.8) is 0 Å². The number of aromatic nitrogens is 2. The average Bonchev–Trinajstić information content (AvgIpc) is 2.90. The fraction of sp³-hybridized carbons (Fsp3) is 0.591. The third kappa shape index (κ3) is 3.80. The minimum Gasteiger partial charge on any atom is -0.339 e. The summed E-state index contributed by atoms with van der Waals surface area (Å²) in [7, 11) is 0. The van der Waals surface area contributed by atoms with Crippen molar-refractivity contribution in [3.05, 3.63) is 39.9 Å². The number of amides is 1. The summed E-state index contributed by atoms with van der Waals surface area (Å²) in [5.41, 5.74) is 1.36. The van der Waals surface area contributed by atoms with E-state index in [1.165, 1.54) is 0 Å². The Morgan fingerprint density at radius 2 is 1.79 bits per heavy atom. The van der Waals surface area contributed by atoms with Gasteiger partial charge in [-0.2, -0.15) is 0 Å². The Hall–Kier alpha value is -1.92. The van der Waals surface area contributed by atoms with Crippen molar-refractivity contribution in [3.8, 4) is 0 Å². The van der Waals surface area contributed by atoms with Crippen LogP contribution in [0.1, 0.15) is 48.3 Å². The molecule has 4 heterocycles. The van der Waals surface area contributed by atoms with E-state index in [9.17, 15) is 9.59 Å². The topological polar surface area (TPSA) is 67.2 Å². The number of fused-ring (bicyclic) bond motifs is 3. The maximum absolute atomic E-state index is 13.1. The molecule has 1 aromatic carbocycles. The number of hydrogen-bond acceptors (Lipinski definition) is 4. The fourth-order valence-corrected chi connectivity index (χ4v) is 5.16. The number of rotatable bonds is 1.